The summed E-state index contributed by atoms with van der Waals surface area (Å²) in [5.74, 6) is 1.02. The van der Waals surface area contributed by atoms with E-state index in [0.29, 0.717) is 5.92 Å². The Kier molecular flexibility index (Phi) is 4.00. The Morgan fingerprint density at radius 3 is 2.47 bits per heavy atom. The molecule has 0 bridgehead atoms. The van der Waals surface area contributed by atoms with Gasteiger partial charge < -0.3 is 5.73 Å². The molecule has 2 N–H and O–H groups in total. The highest BCUT2D eigenvalue weighted by molar-refractivity contribution is 5.30. The van der Waals surface area contributed by atoms with Crippen LogP contribution in [0, 0.1) is 24.6 Å². The molecule has 3 atom stereocenters. The lowest BCUT2D eigenvalue weighted by molar-refractivity contribution is 0.170. The van der Waals surface area contributed by atoms with Crippen molar-refractivity contribution in [3.8, 4) is 0 Å². The first-order chi connectivity index (χ1) is 8.80. The van der Waals surface area contributed by atoms with E-state index in [2.05, 4.69) is 26.8 Å². The normalized spacial score (nSPS) is 28.4. The molecule has 1 aliphatic rings. The highest BCUT2D eigenvalue weighted by Crippen LogP contribution is 2.41. The van der Waals surface area contributed by atoms with Crippen molar-refractivity contribution >= 4 is 0 Å². The van der Waals surface area contributed by atoms with Crippen LogP contribution < -0.4 is 5.73 Å². The van der Waals surface area contributed by atoms with Crippen LogP contribution in [0.5, 0.6) is 0 Å². The molecule has 19 heavy (non-hydrogen) atoms. The molecule has 1 fully saturated rings. The molecule has 2 heteroatoms. The Labute approximate surface area is 116 Å². The van der Waals surface area contributed by atoms with E-state index >= 15 is 0 Å². The van der Waals surface area contributed by atoms with Gasteiger partial charge in [-0.1, -0.05) is 33.3 Å². The van der Waals surface area contributed by atoms with Crippen LogP contribution in [0.2, 0.25) is 0 Å². The van der Waals surface area contributed by atoms with Crippen molar-refractivity contribution < 1.29 is 4.39 Å². The van der Waals surface area contributed by atoms with Crippen LogP contribution in [0.25, 0.3) is 0 Å². The largest absolute Gasteiger partial charge is 0.327 e. The molecule has 3 unspecified atom stereocenters. The zero-order valence-electron chi connectivity index (χ0n) is 12.5. The van der Waals surface area contributed by atoms with Crippen molar-refractivity contribution in [1.29, 1.82) is 0 Å². The topological polar surface area (TPSA) is 26.0 Å². The minimum absolute atomic E-state index is 0.0631. The van der Waals surface area contributed by atoms with E-state index in [-0.39, 0.29) is 17.3 Å². The first kappa shape index (κ1) is 14.5. The monoisotopic (exact) mass is 263 g/mol. The maximum atomic E-state index is 13.7. The van der Waals surface area contributed by atoms with Gasteiger partial charge in [-0.05, 0) is 60.3 Å². The van der Waals surface area contributed by atoms with Crippen LogP contribution in [-0.4, -0.2) is 6.04 Å². The van der Waals surface area contributed by atoms with Crippen LogP contribution in [0.1, 0.15) is 51.2 Å². The number of hydrogen-bond acceptors (Lipinski definition) is 1. The molecule has 1 nitrogen and oxygen atoms in total. The molecule has 1 aliphatic carbocycles. The SMILES string of the molecule is Cc1cc(F)cc(C(C)(C)C2CCC(C)CC2N)c1. The van der Waals surface area contributed by atoms with Crippen molar-refractivity contribution in [1.82, 2.24) is 0 Å². The number of benzene rings is 1. The van der Waals surface area contributed by atoms with Crippen molar-refractivity contribution in [3.63, 3.8) is 0 Å². The lowest BCUT2D eigenvalue weighted by Gasteiger charge is -2.43. The first-order valence-corrected chi connectivity index (χ1v) is 7.34. The van der Waals surface area contributed by atoms with Gasteiger partial charge >= 0.3 is 0 Å². The van der Waals surface area contributed by atoms with E-state index in [1.165, 1.54) is 6.42 Å². The maximum Gasteiger partial charge on any atom is 0.123 e. The second-order valence-electron chi connectivity index (χ2n) is 6.93. The van der Waals surface area contributed by atoms with Crippen LogP contribution in [0.3, 0.4) is 0 Å². The van der Waals surface area contributed by atoms with E-state index < -0.39 is 0 Å². The third-order valence-corrected chi connectivity index (χ3v) is 4.87. The summed E-state index contributed by atoms with van der Waals surface area (Å²) in [5.41, 5.74) is 8.38. The molecule has 0 aromatic heterocycles. The molecule has 0 heterocycles. The van der Waals surface area contributed by atoms with Crippen molar-refractivity contribution in [2.45, 2.75) is 58.4 Å². The quantitative estimate of drug-likeness (QED) is 0.851. The summed E-state index contributed by atoms with van der Waals surface area (Å²) < 4.78 is 13.7. The number of hydrogen-bond donors (Lipinski definition) is 1. The summed E-state index contributed by atoms with van der Waals surface area (Å²) in [6.45, 7) is 8.64. The van der Waals surface area contributed by atoms with Gasteiger partial charge in [0.2, 0.25) is 0 Å². The van der Waals surface area contributed by atoms with Gasteiger partial charge in [0.15, 0.2) is 0 Å². The number of halogens is 1. The van der Waals surface area contributed by atoms with Gasteiger partial charge in [-0.15, -0.1) is 0 Å². The van der Waals surface area contributed by atoms with Gasteiger partial charge in [0.25, 0.3) is 0 Å². The minimum Gasteiger partial charge on any atom is -0.327 e. The highest BCUT2D eigenvalue weighted by Gasteiger charge is 2.38. The average molecular weight is 263 g/mol. The van der Waals surface area contributed by atoms with Gasteiger partial charge in [0, 0.05) is 6.04 Å². The summed E-state index contributed by atoms with van der Waals surface area (Å²) in [6.07, 6.45) is 3.46. The van der Waals surface area contributed by atoms with E-state index in [1.807, 2.05) is 6.92 Å². The summed E-state index contributed by atoms with van der Waals surface area (Å²) in [5, 5.41) is 0. The third kappa shape index (κ3) is 3.00. The smallest absolute Gasteiger partial charge is 0.123 e. The minimum atomic E-state index is -0.138. The van der Waals surface area contributed by atoms with Crippen LogP contribution >= 0.6 is 0 Å². The van der Waals surface area contributed by atoms with Crippen LogP contribution in [-0.2, 0) is 5.41 Å². The molecule has 2 rings (SSSR count). The molecule has 0 aliphatic heterocycles. The predicted molar refractivity (Wildman–Crippen MR) is 78.6 cm³/mol. The lowest BCUT2D eigenvalue weighted by atomic mass is 9.64. The Bertz CT molecular complexity index is 432. The fourth-order valence-electron chi connectivity index (χ4n) is 3.64. The van der Waals surface area contributed by atoms with Gasteiger partial charge in [0.05, 0.1) is 0 Å². The molecule has 0 amide bonds. The Morgan fingerprint density at radius 2 is 1.89 bits per heavy atom. The molecular formula is C17H26FN. The molecule has 1 aromatic rings. The number of nitrogens with two attached hydrogens (primary N) is 1. The van der Waals surface area contributed by atoms with Gasteiger partial charge in [-0.25, -0.2) is 4.39 Å². The molecule has 106 valence electrons. The molecule has 1 saturated carbocycles. The summed E-state index contributed by atoms with van der Waals surface area (Å²) in [6, 6.07) is 5.59. The summed E-state index contributed by atoms with van der Waals surface area (Å²) in [4.78, 5) is 0. The van der Waals surface area contributed by atoms with E-state index in [0.717, 1.165) is 29.9 Å². The number of aryl methyl sites for hydroxylation is 1. The Balaban J connectivity index is 2.30. The van der Waals surface area contributed by atoms with E-state index in [1.54, 1.807) is 12.1 Å². The molecule has 0 spiro atoms. The van der Waals surface area contributed by atoms with Crippen LogP contribution in [0.4, 0.5) is 4.39 Å². The fraction of sp³-hybridized carbons (Fsp3) is 0.647. The second kappa shape index (κ2) is 5.24. The fourth-order valence-corrected chi connectivity index (χ4v) is 3.64. The Hall–Kier alpha value is -0.890. The van der Waals surface area contributed by atoms with Gasteiger partial charge in [-0.2, -0.15) is 0 Å². The highest BCUT2D eigenvalue weighted by atomic mass is 19.1. The summed E-state index contributed by atoms with van der Waals surface area (Å²) >= 11 is 0. The Morgan fingerprint density at radius 1 is 1.21 bits per heavy atom. The molecule has 0 saturated heterocycles. The van der Waals surface area contributed by atoms with E-state index in [9.17, 15) is 4.39 Å². The predicted octanol–water partition coefficient (Wildman–Crippen LogP) is 4.18. The second-order valence-corrected chi connectivity index (χ2v) is 6.93. The first-order valence-electron chi connectivity index (χ1n) is 7.34. The average Bonchev–Trinajstić information content (AvgIpc) is 2.26. The van der Waals surface area contributed by atoms with Gasteiger partial charge in [-0.3, -0.25) is 0 Å². The lowest BCUT2D eigenvalue weighted by Crippen LogP contribution is -2.45. The maximum absolute atomic E-state index is 13.7. The van der Waals surface area contributed by atoms with Gasteiger partial charge in [0.1, 0.15) is 5.82 Å². The van der Waals surface area contributed by atoms with E-state index in [4.69, 9.17) is 5.73 Å². The zero-order chi connectivity index (χ0) is 14.2. The summed E-state index contributed by atoms with van der Waals surface area (Å²) in [7, 11) is 0. The molecular weight excluding hydrogens is 237 g/mol. The molecule has 1 aromatic carbocycles. The van der Waals surface area contributed by atoms with Crippen molar-refractivity contribution in [2.24, 2.45) is 17.6 Å². The molecule has 0 radical (unpaired) electrons. The third-order valence-electron chi connectivity index (χ3n) is 4.87. The zero-order valence-corrected chi connectivity index (χ0v) is 12.5. The van der Waals surface area contributed by atoms with Crippen LogP contribution in [0.15, 0.2) is 18.2 Å². The van der Waals surface area contributed by atoms with Crippen molar-refractivity contribution in [2.75, 3.05) is 0 Å². The van der Waals surface area contributed by atoms with Crippen molar-refractivity contribution in [3.05, 3.63) is 35.1 Å². The standard InChI is InChI=1S/C17H26FN/c1-11-5-6-15(16(19)9-11)17(3,4)13-7-12(2)8-14(18)10-13/h7-8,10-11,15-16H,5-6,9,19H2,1-4H3. The number of rotatable bonds is 2.